The zero-order valence-electron chi connectivity index (χ0n) is 17.1. The van der Waals surface area contributed by atoms with Crippen LogP contribution in [0.4, 0.5) is 0 Å². The van der Waals surface area contributed by atoms with Gasteiger partial charge in [-0.25, -0.2) is 8.42 Å². The number of aromatic nitrogens is 1. The summed E-state index contributed by atoms with van der Waals surface area (Å²) in [5.74, 6) is 1.50. The van der Waals surface area contributed by atoms with Gasteiger partial charge in [0, 0.05) is 45.3 Å². The van der Waals surface area contributed by atoms with Crippen LogP contribution in [0.1, 0.15) is 45.7 Å². The maximum Gasteiger partial charge on any atom is 0.220 e. The minimum atomic E-state index is -3.38. The minimum absolute atomic E-state index is 0. The first-order valence-electron chi connectivity index (χ1n) is 9.82. The summed E-state index contributed by atoms with van der Waals surface area (Å²) in [4.78, 5) is 6.87. The van der Waals surface area contributed by atoms with Crippen molar-refractivity contribution in [2.75, 3.05) is 39.3 Å². The van der Waals surface area contributed by atoms with Gasteiger partial charge in [0.1, 0.15) is 12.0 Å². The molecule has 28 heavy (non-hydrogen) atoms. The molecule has 162 valence electrons. The molecular formula is C18H34IN5O3S. The van der Waals surface area contributed by atoms with E-state index in [9.17, 15) is 8.42 Å². The first kappa shape index (κ1) is 25.2. The number of nitrogens with one attached hydrogen (secondary N) is 1. The van der Waals surface area contributed by atoms with Crippen LogP contribution < -0.4 is 5.32 Å². The quantitative estimate of drug-likeness (QED) is 0.230. The topological polar surface area (TPSA) is 91.0 Å². The zero-order valence-corrected chi connectivity index (χ0v) is 20.3. The maximum absolute atomic E-state index is 12.5. The third-order valence-electron chi connectivity index (χ3n) is 4.54. The molecule has 2 rings (SSSR count). The van der Waals surface area contributed by atoms with Crippen molar-refractivity contribution in [2.24, 2.45) is 10.9 Å². The summed E-state index contributed by atoms with van der Waals surface area (Å²) in [6.07, 6.45) is 4.89. The van der Waals surface area contributed by atoms with Gasteiger partial charge in [0.15, 0.2) is 5.96 Å². The van der Waals surface area contributed by atoms with Gasteiger partial charge in [0.25, 0.3) is 0 Å². The molecule has 10 heteroatoms. The predicted molar refractivity (Wildman–Crippen MR) is 122 cm³/mol. The second kappa shape index (κ2) is 12.6. The third-order valence-corrected chi connectivity index (χ3v) is 6.35. The molecule has 1 aliphatic heterocycles. The van der Waals surface area contributed by atoms with E-state index in [0.717, 1.165) is 31.4 Å². The number of sulfonamides is 1. The fraction of sp³-hybridized carbons (Fsp3) is 0.778. The van der Waals surface area contributed by atoms with Gasteiger partial charge in [-0.3, -0.25) is 4.99 Å². The van der Waals surface area contributed by atoms with E-state index in [2.05, 4.69) is 29.2 Å². The highest BCUT2D eigenvalue weighted by Crippen LogP contribution is 2.13. The lowest BCUT2D eigenvalue weighted by Crippen LogP contribution is -2.53. The summed E-state index contributed by atoms with van der Waals surface area (Å²) in [7, 11) is -3.38. The van der Waals surface area contributed by atoms with Crippen molar-refractivity contribution in [2.45, 2.75) is 45.8 Å². The Bertz CT molecular complexity index is 671. The van der Waals surface area contributed by atoms with Gasteiger partial charge < -0.3 is 14.7 Å². The molecule has 2 heterocycles. The van der Waals surface area contributed by atoms with E-state index in [1.807, 2.05) is 6.92 Å². The molecule has 0 unspecified atom stereocenters. The first-order valence-corrected chi connectivity index (χ1v) is 11.4. The molecule has 1 aromatic heterocycles. The van der Waals surface area contributed by atoms with E-state index in [1.54, 1.807) is 6.07 Å². The molecular weight excluding hydrogens is 493 g/mol. The highest BCUT2D eigenvalue weighted by molar-refractivity contribution is 14.0. The van der Waals surface area contributed by atoms with Crippen LogP contribution in [0.15, 0.2) is 21.8 Å². The largest absolute Gasteiger partial charge is 0.364 e. The molecule has 1 fully saturated rings. The number of rotatable bonds is 9. The predicted octanol–water partition coefficient (Wildman–Crippen LogP) is 2.53. The van der Waals surface area contributed by atoms with Gasteiger partial charge in [-0.1, -0.05) is 31.8 Å². The second-order valence-electron chi connectivity index (χ2n) is 7.26. The molecule has 0 saturated carbocycles. The Morgan fingerprint density at radius 3 is 2.57 bits per heavy atom. The molecule has 1 saturated heterocycles. The highest BCUT2D eigenvalue weighted by atomic mass is 127. The van der Waals surface area contributed by atoms with Crippen molar-refractivity contribution < 1.29 is 12.9 Å². The van der Waals surface area contributed by atoms with Crippen LogP contribution in [0.25, 0.3) is 0 Å². The van der Waals surface area contributed by atoms with Crippen molar-refractivity contribution in [1.29, 1.82) is 0 Å². The number of hydrogen-bond donors (Lipinski definition) is 1. The summed E-state index contributed by atoms with van der Waals surface area (Å²) >= 11 is 0. The molecule has 0 aromatic carbocycles. The van der Waals surface area contributed by atoms with Crippen molar-refractivity contribution in [3.63, 3.8) is 0 Å². The normalized spacial score (nSPS) is 16.3. The SMILES string of the molecule is CCNC(=NCCCCC(C)C)N1CCN(S(=O)(=O)Cc2ccon2)CC1.I. The van der Waals surface area contributed by atoms with E-state index in [-0.39, 0.29) is 29.7 Å². The molecule has 1 aliphatic rings. The van der Waals surface area contributed by atoms with Crippen molar-refractivity contribution in [3.05, 3.63) is 18.0 Å². The molecule has 0 amide bonds. The Morgan fingerprint density at radius 2 is 2.00 bits per heavy atom. The third kappa shape index (κ3) is 8.24. The van der Waals surface area contributed by atoms with E-state index >= 15 is 0 Å². The number of aliphatic imine (C=N–C) groups is 1. The van der Waals surface area contributed by atoms with Gasteiger partial charge in [-0.15, -0.1) is 24.0 Å². The van der Waals surface area contributed by atoms with Crippen LogP contribution >= 0.6 is 24.0 Å². The highest BCUT2D eigenvalue weighted by Gasteiger charge is 2.28. The standard InChI is InChI=1S/C18H33N5O3S.HI/c1-4-19-18(20-9-6-5-7-16(2)3)22-10-12-23(13-11-22)27(24,25)15-17-8-14-26-21-17;/h8,14,16H,4-7,9-13,15H2,1-3H3,(H,19,20);1H. The van der Waals surface area contributed by atoms with E-state index in [0.29, 0.717) is 31.9 Å². The molecule has 0 atom stereocenters. The second-order valence-corrected chi connectivity index (χ2v) is 9.23. The Hall–Kier alpha value is -0.880. The Labute approximate surface area is 186 Å². The van der Waals surface area contributed by atoms with Crippen LogP contribution in [-0.4, -0.2) is 68.0 Å². The van der Waals surface area contributed by atoms with Gasteiger partial charge in [-0.2, -0.15) is 4.31 Å². The number of nitrogens with zero attached hydrogens (tertiary/aromatic N) is 4. The molecule has 0 aliphatic carbocycles. The molecule has 0 spiro atoms. The zero-order chi connectivity index (χ0) is 19.7. The van der Waals surface area contributed by atoms with E-state index < -0.39 is 10.0 Å². The van der Waals surface area contributed by atoms with Crippen LogP contribution in [-0.2, 0) is 15.8 Å². The lowest BCUT2D eigenvalue weighted by Gasteiger charge is -2.35. The molecule has 0 bridgehead atoms. The average Bonchev–Trinajstić information content (AvgIpc) is 3.12. The number of unbranched alkanes of at least 4 members (excludes halogenated alkanes) is 1. The molecule has 1 aromatic rings. The van der Waals surface area contributed by atoms with Crippen molar-refractivity contribution in [1.82, 2.24) is 19.7 Å². The van der Waals surface area contributed by atoms with Crippen molar-refractivity contribution in [3.8, 4) is 0 Å². The average molecular weight is 527 g/mol. The van der Waals surface area contributed by atoms with Gasteiger partial charge >= 0.3 is 0 Å². The summed E-state index contributed by atoms with van der Waals surface area (Å²) in [5.41, 5.74) is 0.439. The van der Waals surface area contributed by atoms with Gasteiger partial charge in [0.2, 0.25) is 10.0 Å². The lowest BCUT2D eigenvalue weighted by atomic mass is 10.1. The lowest BCUT2D eigenvalue weighted by molar-refractivity contribution is 0.259. The van der Waals surface area contributed by atoms with Gasteiger partial charge in [-0.05, 0) is 19.3 Å². The van der Waals surface area contributed by atoms with Crippen LogP contribution in [0.2, 0.25) is 0 Å². The maximum atomic E-state index is 12.5. The number of piperazine rings is 1. The summed E-state index contributed by atoms with van der Waals surface area (Å²) in [6.45, 7) is 10.3. The van der Waals surface area contributed by atoms with Crippen LogP contribution in [0.3, 0.4) is 0 Å². The molecule has 8 nitrogen and oxygen atoms in total. The number of guanidine groups is 1. The fourth-order valence-electron chi connectivity index (χ4n) is 3.04. The number of halogens is 1. The smallest absolute Gasteiger partial charge is 0.220 e. The van der Waals surface area contributed by atoms with Crippen molar-refractivity contribution >= 4 is 40.0 Å². The van der Waals surface area contributed by atoms with Crippen LogP contribution in [0.5, 0.6) is 0 Å². The molecule has 0 radical (unpaired) electrons. The van der Waals surface area contributed by atoms with Gasteiger partial charge in [0.05, 0.1) is 5.69 Å². The Morgan fingerprint density at radius 1 is 1.29 bits per heavy atom. The Balaban J connectivity index is 0.00000392. The Kier molecular flexibility index (Phi) is 11.4. The molecule has 1 N–H and O–H groups in total. The van der Waals surface area contributed by atoms with Crippen LogP contribution in [0, 0.1) is 5.92 Å². The van der Waals surface area contributed by atoms with E-state index in [1.165, 1.54) is 23.4 Å². The summed E-state index contributed by atoms with van der Waals surface area (Å²) < 4.78 is 31.3. The summed E-state index contributed by atoms with van der Waals surface area (Å²) in [5, 5.41) is 7.03. The van der Waals surface area contributed by atoms with E-state index in [4.69, 9.17) is 9.52 Å². The summed E-state index contributed by atoms with van der Waals surface area (Å²) in [6, 6.07) is 1.59. The monoisotopic (exact) mass is 527 g/mol. The minimum Gasteiger partial charge on any atom is -0.364 e. The fourth-order valence-corrected chi connectivity index (χ4v) is 4.47. The first-order chi connectivity index (χ1) is 12.9. The number of hydrogen-bond acceptors (Lipinski definition) is 5.